The Morgan fingerprint density at radius 2 is 2.09 bits per heavy atom. The Morgan fingerprint density at radius 3 is 2.68 bits per heavy atom. The summed E-state index contributed by atoms with van der Waals surface area (Å²) in [5.74, 6) is 0.0142. The number of carbonyl (C=O) groups is 1. The van der Waals surface area contributed by atoms with Crippen molar-refractivity contribution in [3.63, 3.8) is 0 Å². The zero-order valence-corrected chi connectivity index (χ0v) is 12.3. The van der Waals surface area contributed by atoms with Crippen LogP contribution >= 0.6 is 0 Å². The second kappa shape index (κ2) is 6.70. The second-order valence-corrected chi connectivity index (χ2v) is 4.56. The quantitative estimate of drug-likeness (QED) is 0.499. The highest BCUT2D eigenvalue weighted by Gasteiger charge is 2.25. The molecule has 0 unspecified atom stereocenters. The SMILES string of the molecule is COC(=O)CCN(c1ccccc1)c1nc(C)[nH]c1[N+](=O)[O-]. The van der Waals surface area contributed by atoms with Gasteiger partial charge < -0.3 is 19.8 Å². The van der Waals surface area contributed by atoms with Crippen molar-refractivity contribution < 1.29 is 14.5 Å². The maximum absolute atomic E-state index is 11.4. The Labute approximate surface area is 126 Å². The third-order valence-corrected chi connectivity index (χ3v) is 3.06. The Kier molecular flexibility index (Phi) is 4.72. The first-order valence-corrected chi connectivity index (χ1v) is 6.63. The largest absolute Gasteiger partial charge is 0.469 e. The molecule has 2 rings (SSSR count). The lowest BCUT2D eigenvalue weighted by Gasteiger charge is -2.21. The van der Waals surface area contributed by atoms with Crippen LogP contribution in [0.1, 0.15) is 12.2 Å². The summed E-state index contributed by atoms with van der Waals surface area (Å²) in [7, 11) is 1.30. The number of imidazole rings is 1. The number of H-pyrrole nitrogens is 1. The van der Waals surface area contributed by atoms with E-state index in [1.165, 1.54) is 7.11 Å². The van der Waals surface area contributed by atoms with Gasteiger partial charge in [-0.05, 0) is 17.1 Å². The molecule has 8 nitrogen and oxygen atoms in total. The maximum atomic E-state index is 11.4. The van der Waals surface area contributed by atoms with Crippen molar-refractivity contribution in [3.05, 3.63) is 46.3 Å². The molecule has 22 heavy (non-hydrogen) atoms. The summed E-state index contributed by atoms with van der Waals surface area (Å²) in [6.07, 6.45) is 0.0917. The fraction of sp³-hybridized carbons (Fsp3) is 0.286. The monoisotopic (exact) mass is 304 g/mol. The number of aromatic amines is 1. The fourth-order valence-electron chi connectivity index (χ4n) is 2.05. The van der Waals surface area contributed by atoms with Crippen LogP contribution in [-0.2, 0) is 9.53 Å². The summed E-state index contributed by atoms with van der Waals surface area (Å²) >= 11 is 0. The number of benzene rings is 1. The smallest absolute Gasteiger partial charge is 0.365 e. The average molecular weight is 304 g/mol. The lowest BCUT2D eigenvalue weighted by molar-refractivity contribution is -0.388. The summed E-state index contributed by atoms with van der Waals surface area (Å²) in [5, 5.41) is 11.2. The lowest BCUT2D eigenvalue weighted by Crippen LogP contribution is -2.22. The predicted octanol–water partition coefficient (Wildman–Crippen LogP) is 2.33. The number of para-hydroxylation sites is 1. The number of nitrogens with zero attached hydrogens (tertiary/aromatic N) is 3. The van der Waals surface area contributed by atoms with E-state index < -0.39 is 10.9 Å². The highest BCUT2D eigenvalue weighted by atomic mass is 16.6. The van der Waals surface area contributed by atoms with Gasteiger partial charge in [0.05, 0.1) is 13.5 Å². The van der Waals surface area contributed by atoms with Gasteiger partial charge in [-0.3, -0.25) is 4.79 Å². The third-order valence-electron chi connectivity index (χ3n) is 3.06. The molecule has 1 aromatic heterocycles. The van der Waals surface area contributed by atoms with Crippen LogP contribution in [0.3, 0.4) is 0 Å². The molecule has 0 aliphatic heterocycles. The number of anilines is 2. The summed E-state index contributed by atoms with van der Waals surface area (Å²) in [4.78, 5) is 30.5. The average Bonchev–Trinajstić information content (AvgIpc) is 2.90. The number of ether oxygens (including phenoxy) is 1. The van der Waals surface area contributed by atoms with E-state index in [0.717, 1.165) is 0 Å². The number of carbonyl (C=O) groups excluding carboxylic acids is 1. The molecule has 0 fully saturated rings. The van der Waals surface area contributed by atoms with Crippen LogP contribution in [-0.4, -0.2) is 34.5 Å². The molecule has 1 aromatic carbocycles. The van der Waals surface area contributed by atoms with Crippen LogP contribution in [0.15, 0.2) is 30.3 Å². The van der Waals surface area contributed by atoms with Gasteiger partial charge in [0.1, 0.15) is 0 Å². The molecule has 116 valence electrons. The van der Waals surface area contributed by atoms with Crippen molar-refractivity contribution in [3.8, 4) is 0 Å². The summed E-state index contributed by atoms with van der Waals surface area (Å²) in [6, 6.07) is 9.06. The number of nitrogens with one attached hydrogen (secondary N) is 1. The van der Waals surface area contributed by atoms with Gasteiger partial charge >= 0.3 is 11.8 Å². The van der Waals surface area contributed by atoms with Crippen molar-refractivity contribution in [1.29, 1.82) is 0 Å². The van der Waals surface area contributed by atoms with Gasteiger partial charge in [0, 0.05) is 19.2 Å². The van der Waals surface area contributed by atoms with E-state index >= 15 is 0 Å². The van der Waals surface area contributed by atoms with Crippen molar-refractivity contribution in [1.82, 2.24) is 9.97 Å². The van der Waals surface area contributed by atoms with Gasteiger partial charge in [0.15, 0.2) is 5.82 Å². The standard InChI is InChI=1S/C14H16N4O4/c1-10-15-13(14(16-10)18(20)21)17(9-8-12(19)22-2)11-6-4-3-5-7-11/h3-7H,8-9H2,1-2H3,(H,15,16). The minimum Gasteiger partial charge on any atom is -0.469 e. The Morgan fingerprint density at radius 1 is 1.41 bits per heavy atom. The highest BCUT2D eigenvalue weighted by Crippen LogP contribution is 2.31. The first-order chi connectivity index (χ1) is 10.5. The van der Waals surface area contributed by atoms with Crippen LogP contribution in [0.2, 0.25) is 0 Å². The molecule has 0 saturated carbocycles. The van der Waals surface area contributed by atoms with Gasteiger partial charge in [-0.2, -0.15) is 4.98 Å². The van der Waals surface area contributed by atoms with E-state index in [4.69, 9.17) is 0 Å². The molecule has 1 heterocycles. The molecule has 0 aliphatic carbocycles. The molecule has 0 aliphatic rings. The van der Waals surface area contributed by atoms with Gasteiger partial charge in [-0.1, -0.05) is 18.2 Å². The van der Waals surface area contributed by atoms with Crippen LogP contribution < -0.4 is 4.90 Å². The minimum absolute atomic E-state index is 0.0917. The molecule has 0 bridgehead atoms. The lowest BCUT2D eigenvalue weighted by atomic mass is 10.2. The molecule has 0 amide bonds. The van der Waals surface area contributed by atoms with E-state index in [2.05, 4.69) is 14.7 Å². The molecular weight excluding hydrogens is 288 g/mol. The van der Waals surface area contributed by atoms with E-state index in [0.29, 0.717) is 11.5 Å². The number of aromatic nitrogens is 2. The summed E-state index contributed by atoms with van der Waals surface area (Å²) < 4.78 is 4.63. The molecule has 0 saturated heterocycles. The molecule has 0 spiro atoms. The van der Waals surface area contributed by atoms with Crippen molar-refractivity contribution in [2.45, 2.75) is 13.3 Å². The van der Waals surface area contributed by atoms with Gasteiger partial charge in [0.25, 0.3) is 0 Å². The van der Waals surface area contributed by atoms with Gasteiger partial charge in [-0.15, -0.1) is 0 Å². The number of hydrogen-bond donors (Lipinski definition) is 1. The summed E-state index contributed by atoms with van der Waals surface area (Å²) in [6.45, 7) is 1.86. The first-order valence-electron chi connectivity index (χ1n) is 6.63. The van der Waals surface area contributed by atoms with Crippen LogP contribution in [0.25, 0.3) is 0 Å². The Hall–Kier alpha value is -2.90. The van der Waals surface area contributed by atoms with Crippen LogP contribution in [0, 0.1) is 17.0 Å². The highest BCUT2D eigenvalue weighted by molar-refractivity contribution is 5.72. The molecular formula is C14H16N4O4. The number of rotatable bonds is 6. The molecule has 8 heteroatoms. The zero-order valence-electron chi connectivity index (χ0n) is 12.3. The van der Waals surface area contributed by atoms with E-state index in [-0.39, 0.29) is 24.6 Å². The Balaban J connectivity index is 2.40. The van der Waals surface area contributed by atoms with Crippen molar-refractivity contribution in [2.75, 3.05) is 18.6 Å². The second-order valence-electron chi connectivity index (χ2n) is 4.56. The third kappa shape index (κ3) is 3.40. The first kappa shape index (κ1) is 15.5. The number of esters is 1. The van der Waals surface area contributed by atoms with Crippen LogP contribution in [0.4, 0.5) is 17.3 Å². The number of hydrogen-bond acceptors (Lipinski definition) is 6. The van der Waals surface area contributed by atoms with E-state index in [9.17, 15) is 14.9 Å². The van der Waals surface area contributed by atoms with E-state index in [1.54, 1.807) is 24.0 Å². The van der Waals surface area contributed by atoms with Gasteiger partial charge in [-0.25, -0.2) is 4.98 Å². The van der Waals surface area contributed by atoms with Gasteiger partial charge in [0.2, 0.25) is 5.82 Å². The fourth-order valence-corrected chi connectivity index (χ4v) is 2.05. The van der Waals surface area contributed by atoms with Crippen molar-refractivity contribution in [2.24, 2.45) is 0 Å². The molecule has 1 N–H and O–H groups in total. The predicted molar refractivity (Wildman–Crippen MR) is 80.1 cm³/mol. The molecule has 2 aromatic rings. The number of nitro groups is 1. The number of aryl methyl sites for hydroxylation is 1. The van der Waals surface area contributed by atoms with Crippen molar-refractivity contribution >= 4 is 23.3 Å². The van der Waals surface area contributed by atoms with Crippen LogP contribution in [0.5, 0.6) is 0 Å². The normalized spacial score (nSPS) is 10.3. The zero-order chi connectivity index (χ0) is 16.1. The Bertz CT molecular complexity index is 669. The topological polar surface area (TPSA) is 101 Å². The number of methoxy groups -OCH3 is 1. The molecule has 0 radical (unpaired) electrons. The van der Waals surface area contributed by atoms with E-state index in [1.807, 2.05) is 18.2 Å². The summed E-state index contributed by atoms with van der Waals surface area (Å²) in [5.41, 5.74) is 0.709. The molecule has 0 atom stereocenters. The minimum atomic E-state index is -0.524. The maximum Gasteiger partial charge on any atom is 0.365 e.